The molecule has 3 unspecified atom stereocenters. The number of hydrogen-bond donors (Lipinski definition) is 3. The molecule has 19 heteroatoms. The van der Waals surface area contributed by atoms with Gasteiger partial charge in [0.15, 0.2) is 12.2 Å². The second-order valence-electron chi connectivity index (χ2n) is 27.3. The molecule has 0 aliphatic rings. The molecule has 0 spiro atoms. The molecule has 17 nitrogen and oxygen atoms in total. The minimum absolute atomic E-state index is 0.102. The molecular formula is C77H146O17P2. The van der Waals surface area contributed by atoms with E-state index in [2.05, 4.69) is 58.9 Å². The van der Waals surface area contributed by atoms with E-state index in [-0.39, 0.29) is 25.7 Å². The Morgan fingerprint density at radius 3 is 0.885 bits per heavy atom. The van der Waals surface area contributed by atoms with Crippen molar-refractivity contribution >= 4 is 39.5 Å². The lowest BCUT2D eigenvalue weighted by atomic mass is 9.99. The average Bonchev–Trinajstić information content (AvgIpc) is 1.40. The number of ether oxygens (including phenoxy) is 4. The lowest BCUT2D eigenvalue weighted by Gasteiger charge is -2.21. The first-order valence-corrected chi connectivity index (χ1v) is 42.5. The predicted molar refractivity (Wildman–Crippen MR) is 391 cm³/mol. The van der Waals surface area contributed by atoms with E-state index in [1.54, 1.807) is 0 Å². The molecule has 0 amide bonds. The van der Waals surface area contributed by atoms with Crippen molar-refractivity contribution in [3.63, 3.8) is 0 Å². The molecule has 0 aliphatic carbocycles. The van der Waals surface area contributed by atoms with E-state index in [9.17, 15) is 43.2 Å². The van der Waals surface area contributed by atoms with Crippen molar-refractivity contribution in [2.45, 2.75) is 400 Å². The number of carbonyl (C=O) groups is 4. The third-order valence-corrected chi connectivity index (χ3v) is 19.7. The SMILES string of the molecule is CCCCCC/C=C\C=C/CCCCCCCC(=O)OC[C@H](COP(=O)(O)OC[C@@H](O)COP(=O)(O)OC[C@@H](COC(=O)CCCCCCC)OC(=O)CCCCCCCCCCCCC(C)CC)OC(=O)CCCCCCCCCCCCCCCCCCCCCCCC. The van der Waals surface area contributed by atoms with Gasteiger partial charge in [-0.25, -0.2) is 9.13 Å². The normalized spacial score (nSPS) is 14.4. The summed E-state index contributed by atoms with van der Waals surface area (Å²) in [5.41, 5.74) is 0. The molecule has 0 aromatic rings. The predicted octanol–water partition coefficient (Wildman–Crippen LogP) is 22.4. The summed E-state index contributed by atoms with van der Waals surface area (Å²) in [5, 5.41) is 10.6. The van der Waals surface area contributed by atoms with Crippen molar-refractivity contribution in [2.24, 2.45) is 5.92 Å². The number of allylic oxidation sites excluding steroid dienone is 4. The van der Waals surface area contributed by atoms with Gasteiger partial charge >= 0.3 is 39.5 Å². The lowest BCUT2D eigenvalue weighted by molar-refractivity contribution is -0.161. The summed E-state index contributed by atoms with van der Waals surface area (Å²) in [6.07, 6.45) is 62.4. The third-order valence-electron chi connectivity index (χ3n) is 17.8. The molecule has 3 N–H and O–H groups in total. The first kappa shape index (κ1) is 93.5. The zero-order chi connectivity index (χ0) is 70.5. The molecule has 0 saturated carbocycles. The first-order valence-electron chi connectivity index (χ1n) is 39.5. The van der Waals surface area contributed by atoms with Crippen LogP contribution in [0.2, 0.25) is 0 Å². The van der Waals surface area contributed by atoms with Gasteiger partial charge in [-0.3, -0.25) is 37.3 Å². The van der Waals surface area contributed by atoms with E-state index in [0.29, 0.717) is 25.7 Å². The Hall–Kier alpha value is -2.46. The zero-order valence-corrected chi connectivity index (χ0v) is 63.8. The summed E-state index contributed by atoms with van der Waals surface area (Å²) in [5.74, 6) is -1.36. The van der Waals surface area contributed by atoms with Crippen LogP contribution in [-0.2, 0) is 65.4 Å². The number of esters is 4. The highest BCUT2D eigenvalue weighted by molar-refractivity contribution is 7.47. The maximum absolute atomic E-state index is 13.1. The summed E-state index contributed by atoms with van der Waals surface area (Å²) >= 11 is 0. The van der Waals surface area contributed by atoms with E-state index in [0.717, 1.165) is 121 Å². The number of phosphoric acid groups is 2. The fraction of sp³-hybridized carbons (Fsp3) is 0.896. The van der Waals surface area contributed by atoms with Gasteiger partial charge in [0.05, 0.1) is 26.4 Å². The van der Waals surface area contributed by atoms with Gasteiger partial charge in [0.25, 0.3) is 0 Å². The maximum atomic E-state index is 13.1. The highest BCUT2D eigenvalue weighted by Crippen LogP contribution is 2.45. The summed E-state index contributed by atoms with van der Waals surface area (Å²) in [4.78, 5) is 72.5. The van der Waals surface area contributed by atoms with Crippen LogP contribution in [0.3, 0.4) is 0 Å². The molecule has 0 fully saturated rings. The number of aliphatic hydroxyl groups excluding tert-OH is 1. The molecule has 0 heterocycles. The monoisotopic (exact) mass is 1410 g/mol. The van der Waals surface area contributed by atoms with Crippen molar-refractivity contribution in [3.05, 3.63) is 24.3 Å². The Morgan fingerprint density at radius 2 is 0.583 bits per heavy atom. The molecule has 6 atom stereocenters. The van der Waals surface area contributed by atoms with Crippen molar-refractivity contribution < 1.29 is 80.2 Å². The largest absolute Gasteiger partial charge is 0.472 e. The molecule has 0 rings (SSSR count). The zero-order valence-electron chi connectivity index (χ0n) is 62.0. The Kier molecular flexibility index (Phi) is 67.8. The maximum Gasteiger partial charge on any atom is 0.472 e. The van der Waals surface area contributed by atoms with Gasteiger partial charge in [0.2, 0.25) is 0 Å². The number of aliphatic hydroxyl groups is 1. The number of unbranched alkanes of at least 4 members (excludes halogenated alkanes) is 43. The highest BCUT2D eigenvalue weighted by Gasteiger charge is 2.30. The van der Waals surface area contributed by atoms with E-state index >= 15 is 0 Å². The van der Waals surface area contributed by atoms with Gasteiger partial charge in [-0.15, -0.1) is 0 Å². The molecule has 96 heavy (non-hydrogen) atoms. The van der Waals surface area contributed by atoms with Gasteiger partial charge in [0.1, 0.15) is 19.3 Å². The summed E-state index contributed by atoms with van der Waals surface area (Å²) < 4.78 is 68.3. The van der Waals surface area contributed by atoms with Crippen LogP contribution in [0, 0.1) is 5.92 Å². The molecule has 0 aromatic carbocycles. The highest BCUT2D eigenvalue weighted by atomic mass is 31.2. The summed E-state index contributed by atoms with van der Waals surface area (Å²) in [6.45, 7) is 7.16. The summed E-state index contributed by atoms with van der Waals surface area (Å²) in [7, 11) is -9.91. The fourth-order valence-electron chi connectivity index (χ4n) is 11.3. The van der Waals surface area contributed by atoms with Gasteiger partial charge < -0.3 is 33.8 Å². The Morgan fingerprint density at radius 1 is 0.333 bits per heavy atom. The van der Waals surface area contributed by atoms with Crippen LogP contribution in [0.5, 0.6) is 0 Å². The van der Waals surface area contributed by atoms with Crippen molar-refractivity contribution in [1.82, 2.24) is 0 Å². The average molecular weight is 1410 g/mol. The lowest BCUT2D eigenvalue weighted by Crippen LogP contribution is -2.30. The number of hydrogen-bond acceptors (Lipinski definition) is 15. The first-order chi connectivity index (χ1) is 46.6. The molecule has 0 aliphatic heterocycles. The second kappa shape index (κ2) is 69.6. The number of phosphoric ester groups is 2. The van der Waals surface area contributed by atoms with E-state index in [1.165, 1.54) is 180 Å². The van der Waals surface area contributed by atoms with Gasteiger partial charge in [-0.2, -0.15) is 0 Å². The minimum Gasteiger partial charge on any atom is -0.462 e. The van der Waals surface area contributed by atoms with Gasteiger partial charge in [-0.05, 0) is 57.3 Å². The fourth-order valence-corrected chi connectivity index (χ4v) is 12.9. The van der Waals surface area contributed by atoms with Crippen LogP contribution >= 0.6 is 15.6 Å². The van der Waals surface area contributed by atoms with E-state index < -0.39 is 97.5 Å². The van der Waals surface area contributed by atoms with Gasteiger partial charge in [0, 0.05) is 25.7 Å². The van der Waals surface area contributed by atoms with Crippen molar-refractivity contribution in [3.8, 4) is 0 Å². The molecular weight excluding hydrogens is 1260 g/mol. The van der Waals surface area contributed by atoms with Crippen LogP contribution in [-0.4, -0.2) is 96.7 Å². The van der Waals surface area contributed by atoms with E-state index in [4.69, 9.17) is 37.0 Å². The van der Waals surface area contributed by atoms with Crippen molar-refractivity contribution in [2.75, 3.05) is 39.6 Å². The Labute approximate surface area is 586 Å². The smallest absolute Gasteiger partial charge is 0.462 e. The summed E-state index contributed by atoms with van der Waals surface area (Å²) in [6, 6.07) is 0. The number of carbonyl (C=O) groups excluding carboxylic acids is 4. The Balaban J connectivity index is 5.14. The van der Waals surface area contributed by atoms with Crippen molar-refractivity contribution in [1.29, 1.82) is 0 Å². The van der Waals surface area contributed by atoms with E-state index in [1.807, 2.05) is 0 Å². The molecule has 566 valence electrons. The van der Waals surface area contributed by atoms with Crippen LogP contribution in [0.1, 0.15) is 381 Å². The second-order valence-corrected chi connectivity index (χ2v) is 30.2. The third kappa shape index (κ3) is 68.7. The topological polar surface area (TPSA) is 237 Å². The standard InChI is InChI=1S/C77H146O17P2/c1-6-10-13-16-18-20-22-24-26-27-28-29-30-31-32-34-36-38-43-47-52-57-62-77(82)94-73(67-88-75(80)61-56-51-46-42-37-35-33-25-23-21-19-17-14-11-7-2)69-92-96(85,86)90-65-71(78)64-89-95(83,84)91-68-72(66-87-74(79)60-55-49-15-12-8-3)93-76(81)63-58-53-48-44-40-39-41-45-50-54-59-70(5)9-4/h21,23,25,33,70-73,78H,6-20,22,24,26-32,34-69H2,1-5H3,(H,83,84)(H,85,86)/b23-21-,33-25-/t70?,71-,72+,73+/m0/s1. The minimum atomic E-state index is -4.96. The van der Waals surface area contributed by atoms with Gasteiger partial charge in [-0.1, -0.05) is 329 Å². The van der Waals surface area contributed by atoms with Crippen LogP contribution in [0.4, 0.5) is 0 Å². The number of rotatable bonds is 75. The van der Waals surface area contributed by atoms with Crippen LogP contribution in [0.15, 0.2) is 24.3 Å². The molecule has 0 aromatic heterocycles. The molecule has 0 radical (unpaired) electrons. The van der Waals surface area contributed by atoms with Crippen LogP contribution < -0.4 is 0 Å². The Bertz CT molecular complexity index is 1940. The molecule has 0 saturated heterocycles. The quantitative estimate of drug-likeness (QED) is 0.0169. The molecule has 0 bridgehead atoms. The van der Waals surface area contributed by atoms with Crippen LogP contribution in [0.25, 0.3) is 0 Å².